The van der Waals surface area contributed by atoms with Gasteiger partial charge in [0, 0.05) is 12.6 Å². The van der Waals surface area contributed by atoms with Crippen LogP contribution in [0.15, 0.2) is 24.3 Å². The van der Waals surface area contributed by atoms with Crippen LogP contribution < -0.4 is 5.73 Å². The van der Waals surface area contributed by atoms with Crippen LogP contribution in [0.3, 0.4) is 0 Å². The first-order valence-electron chi connectivity index (χ1n) is 5.09. The van der Waals surface area contributed by atoms with Crippen LogP contribution in [0, 0.1) is 5.82 Å². The largest absolute Gasteiger partial charge is 0.448 e. The van der Waals surface area contributed by atoms with Crippen molar-refractivity contribution in [1.82, 2.24) is 4.90 Å². The molecule has 1 saturated heterocycles. The topological polar surface area (TPSA) is 55.6 Å². The fourth-order valence-corrected chi connectivity index (χ4v) is 1.64. The normalized spacial score (nSPS) is 17.4. The number of nitrogens with zero attached hydrogens (tertiary/aromatic N) is 1. The lowest BCUT2D eigenvalue weighted by molar-refractivity contribution is 0.157. The summed E-state index contributed by atoms with van der Waals surface area (Å²) in [6.45, 7) is 1.37. The minimum absolute atomic E-state index is 0.295. The number of nitrogens with two attached hydrogens (primary N) is 1. The molecule has 16 heavy (non-hydrogen) atoms. The Morgan fingerprint density at radius 2 is 2.12 bits per heavy atom. The Morgan fingerprint density at radius 3 is 2.69 bits per heavy atom. The van der Waals surface area contributed by atoms with Gasteiger partial charge in [0.1, 0.15) is 12.4 Å². The van der Waals surface area contributed by atoms with Gasteiger partial charge in [0.25, 0.3) is 0 Å². The number of benzene rings is 1. The molecule has 2 rings (SSSR count). The highest BCUT2D eigenvalue weighted by Crippen LogP contribution is 2.14. The average Bonchev–Trinajstić information content (AvgIpc) is 2.65. The minimum Gasteiger partial charge on any atom is -0.448 e. The molecular formula is C11H13FN2O2. The average molecular weight is 224 g/mol. The van der Waals surface area contributed by atoms with Crippen LogP contribution >= 0.6 is 0 Å². The van der Waals surface area contributed by atoms with Gasteiger partial charge in [-0.25, -0.2) is 9.18 Å². The molecule has 5 heteroatoms. The Labute approximate surface area is 92.8 Å². The SMILES string of the molecule is NC(CN1CCOC1=O)c1ccc(F)cc1. The van der Waals surface area contributed by atoms with Crippen molar-refractivity contribution in [2.75, 3.05) is 19.7 Å². The molecule has 1 atom stereocenters. The third kappa shape index (κ3) is 2.30. The van der Waals surface area contributed by atoms with Crippen molar-refractivity contribution in [3.05, 3.63) is 35.6 Å². The highest BCUT2D eigenvalue weighted by Gasteiger charge is 2.24. The highest BCUT2D eigenvalue weighted by atomic mass is 19.1. The molecule has 1 aliphatic heterocycles. The zero-order chi connectivity index (χ0) is 11.5. The Hall–Kier alpha value is -1.62. The predicted octanol–water partition coefficient (Wildman–Crippen LogP) is 1.28. The third-order valence-electron chi connectivity index (χ3n) is 2.56. The maximum Gasteiger partial charge on any atom is 0.410 e. The Kier molecular flexibility index (Phi) is 3.05. The van der Waals surface area contributed by atoms with E-state index in [0.29, 0.717) is 19.7 Å². The summed E-state index contributed by atoms with van der Waals surface area (Å²) in [5.41, 5.74) is 6.72. The maximum absolute atomic E-state index is 12.7. The van der Waals surface area contributed by atoms with E-state index in [1.165, 1.54) is 12.1 Å². The Bertz CT molecular complexity index is 380. The quantitative estimate of drug-likeness (QED) is 0.841. The molecule has 2 N–H and O–H groups in total. The number of rotatable bonds is 3. The van der Waals surface area contributed by atoms with Gasteiger partial charge in [-0.1, -0.05) is 12.1 Å². The first-order chi connectivity index (χ1) is 7.66. The van der Waals surface area contributed by atoms with Crippen LogP contribution in [-0.2, 0) is 4.74 Å². The molecule has 0 aromatic heterocycles. The lowest BCUT2D eigenvalue weighted by Crippen LogP contribution is -2.32. The van der Waals surface area contributed by atoms with Crippen LogP contribution in [0.1, 0.15) is 11.6 Å². The van der Waals surface area contributed by atoms with Crippen molar-refractivity contribution in [3.8, 4) is 0 Å². The summed E-state index contributed by atoms with van der Waals surface area (Å²) in [5, 5.41) is 0. The molecule has 1 heterocycles. The first kappa shape index (κ1) is 10.9. The van der Waals surface area contributed by atoms with Crippen molar-refractivity contribution in [2.24, 2.45) is 5.73 Å². The number of carbonyl (C=O) groups excluding carboxylic acids is 1. The summed E-state index contributed by atoms with van der Waals surface area (Å²) in [6.07, 6.45) is -0.336. The molecule has 0 saturated carbocycles. The van der Waals surface area contributed by atoms with Crippen molar-refractivity contribution < 1.29 is 13.9 Å². The van der Waals surface area contributed by atoms with Gasteiger partial charge in [-0.3, -0.25) is 0 Å². The molecule has 0 aliphatic carbocycles. The number of cyclic esters (lactones) is 1. The number of halogens is 1. The predicted molar refractivity (Wildman–Crippen MR) is 56.2 cm³/mol. The van der Waals surface area contributed by atoms with Gasteiger partial charge in [0.15, 0.2) is 0 Å². The van der Waals surface area contributed by atoms with Crippen molar-refractivity contribution in [1.29, 1.82) is 0 Å². The molecule has 0 radical (unpaired) electrons. The number of ether oxygens (including phenoxy) is 1. The summed E-state index contributed by atoms with van der Waals surface area (Å²) < 4.78 is 17.5. The van der Waals surface area contributed by atoms with E-state index in [9.17, 15) is 9.18 Å². The minimum atomic E-state index is -0.336. The second-order valence-electron chi connectivity index (χ2n) is 3.72. The standard InChI is InChI=1S/C11H13FN2O2/c12-9-3-1-8(2-4-9)10(13)7-14-5-6-16-11(14)15/h1-4,10H,5-7,13H2. The van der Waals surface area contributed by atoms with E-state index in [1.54, 1.807) is 17.0 Å². The summed E-state index contributed by atoms with van der Waals surface area (Å²) in [5.74, 6) is -0.295. The second-order valence-corrected chi connectivity index (χ2v) is 3.72. The number of hydrogen-bond donors (Lipinski definition) is 1. The summed E-state index contributed by atoms with van der Waals surface area (Å²) in [4.78, 5) is 12.7. The van der Waals surface area contributed by atoms with E-state index >= 15 is 0 Å². The number of carbonyl (C=O) groups is 1. The van der Waals surface area contributed by atoms with Gasteiger partial charge in [0.2, 0.25) is 0 Å². The van der Waals surface area contributed by atoms with Crippen LogP contribution in [0.2, 0.25) is 0 Å². The van der Waals surface area contributed by atoms with Crippen LogP contribution in [0.5, 0.6) is 0 Å². The van der Waals surface area contributed by atoms with Gasteiger partial charge in [0.05, 0.1) is 6.54 Å². The second kappa shape index (κ2) is 4.49. The van der Waals surface area contributed by atoms with Gasteiger partial charge >= 0.3 is 6.09 Å². The molecule has 1 aromatic carbocycles. The molecule has 1 unspecified atom stereocenters. The van der Waals surface area contributed by atoms with E-state index in [2.05, 4.69) is 0 Å². The molecule has 1 aromatic rings. The smallest absolute Gasteiger partial charge is 0.410 e. The monoisotopic (exact) mass is 224 g/mol. The Morgan fingerprint density at radius 1 is 1.44 bits per heavy atom. The molecule has 4 nitrogen and oxygen atoms in total. The highest BCUT2D eigenvalue weighted by molar-refractivity contribution is 5.69. The van der Waals surface area contributed by atoms with E-state index in [4.69, 9.17) is 10.5 Å². The summed E-state index contributed by atoms with van der Waals surface area (Å²) in [7, 11) is 0. The summed E-state index contributed by atoms with van der Waals surface area (Å²) in [6, 6.07) is 5.66. The van der Waals surface area contributed by atoms with E-state index in [1.807, 2.05) is 0 Å². The van der Waals surface area contributed by atoms with Crippen LogP contribution in [0.4, 0.5) is 9.18 Å². The van der Waals surface area contributed by atoms with Gasteiger partial charge in [-0.2, -0.15) is 0 Å². The van der Waals surface area contributed by atoms with E-state index in [0.717, 1.165) is 5.56 Å². The van der Waals surface area contributed by atoms with Gasteiger partial charge in [-0.15, -0.1) is 0 Å². The lowest BCUT2D eigenvalue weighted by Gasteiger charge is -2.18. The van der Waals surface area contributed by atoms with Crippen LogP contribution in [0.25, 0.3) is 0 Å². The fraction of sp³-hybridized carbons (Fsp3) is 0.364. The molecular weight excluding hydrogens is 211 g/mol. The first-order valence-corrected chi connectivity index (χ1v) is 5.09. The van der Waals surface area contributed by atoms with Crippen LogP contribution in [-0.4, -0.2) is 30.7 Å². The molecule has 1 fully saturated rings. The third-order valence-corrected chi connectivity index (χ3v) is 2.56. The van der Waals surface area contributed by atoms with E-state index < -0.39 is 0 Å². The van der Waals surface area contributed by atoms with E-state index in [-0.39, 0.29) is 18.0 Å². The fourth-order valence-electron chi connectivity index (χ4n) is 1.64. The molecule has 0 spiro atoms. The molecule has 86 valence electrons. The maximum atomic E-state index is 12.7. The molecule has 0 bridgehead atoms. The number of hydrogen-bond acceptors (Lipinski definition) is 3. The number of amides is 1. The molecule has 1 aliphatic rings. The van der Waals surface area contributed by atoms with Gasteiger partial charge in [-0.05, 0) is 17.7 Å². The Balaban J connectivity index is 1.99. The summed E-state index contributed by atoms with van der Waals surface area (Å²) >= 11 is 0. The van der Waals surface area contributed by atoms with Crippen molar-refractivity contribution in [2.45, 2.75) is 6.04 Å². The zero-order valence-corrected chi connectivity index (χ0v) is 8.73. The van der Waals surface area contributed by atoms with Crippen molar-refractivity contribution >= 4 is 6.09 Å². The zero-order valence-electron chi connectivity index (χ0n) is 8.73. The van der Waals surface area contributed by atoms with Gasteiger partial charge < -0.3 is 15.4 Å². The molecule has 1 amide bonds. The lowest BCUT2D eigenvalue weighted by atomic mass is 10.1. The van der Waals surface area contributed by atoms with Crippen molar-refractivity contribution in [3.63, 3.8) is 0 Å².